The number of rotatable bonds is 25. The highest BCUT2D eigenvalue weighted by molar-refractivity contribution is 7.09. The number of nitrogens with zero attached hydrogens (tertiary/aromatic N) is 5. The minimum Gasteiger partial charge on any atom is -0.465 e. The van der Waals surface area contributed by atoms with E-state index < -0.39 is 65.9 Å². The Hall–Kier alpha value is -4.65. The molecule has 3 rings (SSSR count). The molecule has 2 aromatic rings. The van der Waals surface area contributed by atoms with Crippen molar-refractivity contribution in [1.82, 2.24) is 40.5 Å². The van der Waals surface area contributed by atoms with E-state index in [0.29, 0.717) is 37.2 Å². The summed E-state index contributed by atoms with van der Waals surface area (Å²) < 4.78 is 12.2. The summed E-state index contributed by atoms with van der Waals surface area (Å²) in [6.45, 7) is 19.6. The Bertz CT molecular complexity index is 1950. The van der Waals surface area contributed by atoms with E-state index in [2.05, 4.69) is 20.9 Å². The molecule has 1 aromatic carbocycles. The van der Waals surface area contributed by atoms with Gasteiger partial charge in [0.25, 0.3) is 5.91 Å². The van der Waals surface area contributed by atoms with Crippen molar-refractivity contribution in [2.24, 2.45) is 23.7 Å². The number of likely N-dealkylation sites (N-methyl/N-ethyl adjacent to an activating group) is 2. The summed E-state index contributed by atoms with van der Waals surface area (Å²) in [4.78, 5) is 92.9. The van der Waals surface area contributed by atoms with Crippen molar-refractivity contribution in [2.75, 3.05) is 55.0 Å². The SMILES string of the molecule is CC[C@H](C)[C@@H]([C@@H](CC(=O)N1CCC[C@H]1[C@H](OC)[C@@H](C)C(=O)N[C@@H](Cc1ccccc1)c1nc(C(=O)NCCN(C(=O)O)C(C)(C)C)cs1)OC)N(C)C(=O)[C@@H](NC(=O)[C@H](C(C)C)N(C)C)C(C)C. The number of likely N-dealkylation sites (tertiary alicyclic amines) is 1. The number of ether oxygens (including phenoxy) is 2. The van der Waals surface area contributed by atoms with Crippen molar-refractivity contribution in [2.45, 2.75) is 149 Å². The third-order valence-corrected chi connectivity index (χ3v) is 14.2. The van der Waals surface area contributed by atoms with Gasteiger partial charge in [-0.15, -0.1) is 11.3 Å². The summed E-state index contributed by atoms with van der Waals surface area (Å²) >= 11 is 1.24. The molecule has 0 aliphatic carbocycles. The van der Waals surface area contributed by atoms with Crippen molar-refractivity contribution < 1.29 is 43.3 Å². The second-order valence-corrected chi connectivity index (χ2v) is 21.0. The van der Waals surface area contributed by atoms with Gasteiger partial charge in [-0.1, -0.05) is 85.2 Å². The van der Waals surface area contributed by atoms with Crippen LogP contribution in [0.25, 0.3) is 0 Å². The fourth-order valence-electron chi connectivity index (χ4n) is 9.41. The molecule has 4 N–H and O–H groups in total. The van der Waals surface area contributed by atoms with Crippen LogP contribution in [0, 0.1) is 23.7 Å². The minimum absolute atomic E-state index is 0.0150. The summed E-state index contributed by atoms with van der Waals surface area (Å²) in [6, 6.07) is 6.91. The first-order valence-electron chi connectivity index (χ1n) is 24.1. The maximum atomic E-state index is 14.5. The summed E-state index contributed by atoms with van der Waals surface area (Å²) in [5, 5.41) is 20.8. The molecule has 0 spiro atoms. The van der Waals surface area contributed by atoms with Crippen LogP contribution in [0.4, 0.5) is 4.79 Å². The van der Waals surface area contributed by atoms with Crippen molar-refractivity contribution in [3.63, 3.8) is 0 Å². The number of carbonyl (C=O) groups is 6. The van der Waals surface area contributed by atoms with Gasteiger partial charge >= 0.3 is 6.09 Å². The molecular weight excluding hydrogens is 889 g/mol. The van der Waals surface area contributed by atoms with Crippen LogP contribution in [0.15, 0.2) is 35.7 Å². The fourth-order valence-corrected chi connectivity index (χ4v) is 10.3. The lowest BCUT2D eigenvalue weighted by molar-refractivity contribution is -0.148. The van der Waals surface area contributed by atoms with Crippen LogP contribution < -0.4 is 16.0 Å². The average Bonchev–Trinajstić information content (AvgIpc) is 3.97. The number of methoxy groups -OCH3 is 2. The summed E-state index contributed by atoms with van der Waals surface area (Å²) in [6.07, 6.45) is -0.00727. The molecule has 382 valence electrons. The molecule has 18 heteroatoms. The molecule has 0 radical (unpaired) electrons. The number of nitrogens with one attached hydrogen (secondary N) is 3. The van der Waals surface area contributed by atoms with Crippen molar-refractivity contribution in [1.29, 1.82) is 0 Å². The second kappa shape index (κ2) is 26.4. The third-order valence-electron chi connectivity index (χ3n) is 13.3. The van der Waals surface area contributed by atoms with Crippen molar-refractivity contribution >= 4 is 47.0 Å². The number of hydrogen-bond acceptors (Lipinski definition) is 11. The lowest BCUT2D eigenvalue weighted by Gasteiger charge is -2.41. The molecule has 1 saturated heterocycles. The number of amides is 6. The van der Waals surface area contributed by atoms with Crippen LogP contribution in [0.1, 0.15) is 122 Å². The van der Waals surface area contributed by atoms with Crippen LogP contribution in [0.2, 0.25) is 0 Å². The molecule has 2 heterocycles. The van der Waals surface area contributed by atoms with Gasteiger partial charge in [0.1, 0.15) is 16.7 Å². The van der Waals surface area contributed by atoms with Gasteiger partial charge in [-0.05, 0) is 77.4 Å². The van der Waals surface area contributed by atoms with E-state index in [9.17, 15) is 33.9 Å². The average molecular weight is 971 g/mol. The maximum absolute atomic E-state index is 14.5. The molecule has 0 bridgehead atoms. The smallest absolute Gasteiger partial charge is 0.407 e. The van der Waals surface area contributed by atoms with Crippen LogP contribution in [-0.4, -0.2) is 162 Å². The van der Waals surface area contributed by atoms with Crippen LogP contribution >= 0.6 is 11.3 Å². The zero-order chi connectivity index (χ0) is 51.2. The Morgan fingerprint density at radius 1 is 0.926 bits per heavy atom. The van der Waals surface area contributed by atoms with Crippen molar-refractivity contribution in [3.05, 3.63) is 52.0 Å². The maximum Gasteiger partial charge on any atom is 0.407 e. The Balaban J connectivity index is 1.82. The number of benzene rings is 1. The number of thiazole rings is 1. The predicted molar refractivity (Wildman–Crippen MR) is 265 cm³/mol. The predicted octanol–water partition coefficient (Wildman–Crippen LogP) is 5.70. The van der Waals surface area contributed by atoms with Gasteiger partial charge in [-0.2, -0.15) is 0 Å². The van der Waals surface area contributed by atoms with E-state index in [-0.39, 0.29) is 66.6 Å². The second-order valence-electron chi connectivity index (χ2n) is 20.2. The third kappa shape index (κ3) is 15.4. The Morgan fingerprint density at radius 3 is 2.10 bits per heavy atom. The molecule has 1 aliphatic rings. The Labute approximate surface area is 409 Å². The molecule has 1 fully saturated rings. The lowest BCUT2D eigenvalue weighted by Crippen LogP contribution is -2.59. The first kappa shape index (κ1) is 57.7. The molecular formula is C50H82N8O9S. The lowest BCUT2D eigenvalue weighted by atomic mass is 9.89. The topological polar surface area (TPSA) is 203 Å². The van der Waals surface area contributed by atoms with E-state index >= 15 is 0 Å². The van der Waals surface area contributed by atoms with Crippen LogP contribution in [0.3, 0.4) is 0 Å². The number of carbonyl (C=O) groups excluding carboxylic acids is 5. The zero-order valence-electron chi connectivity index (χ0n) is 43.3. The zero-order valence-corrected chi connectivity index (χ0v) is 44.1. The van der Waals surface area contributed by atoms with Gasteiger partial charge in [0.05, 0.1) is 48.7 Å². The summed E-state index contributed by atoms with van der Waals surface area (Å²) in [5.41, 5.74) is 0.457. The van der Waals surface area contributed by atoms with E-state index in [1.807, 2.05) is 90.9 Å². The van der Waals surface area contributed by atoms with Crippen LogP contribution in [-0.2, 0) is 35.1 Å². The molecule has 0 saturated carbocycles. The van der Waals surface area contributed by atoms with Gasteiger partial charge in [0.2, 0.25) is 23.6 Å². The molecule has 9 atom stereocenters. The van der Waals surface area contributed by atoms with Crippen molar-refractivity contribution in [3.8, 4) is 0 Å². The quantitative estimate of drug-likeness (QED) is 0.0951. The minimum atomic E-state index is -1.08. The van der Waals surface area contributed by atoms with Gasteiger partial charge in [-0.25, -0.2) is 9.78 Å². The highest BCUT2D eigenvalue weighted by Crippen LogP contribution is 2.31. The van der Waals surface area contributed by atoms with Gasteiger partial charge in [0.15, 0.2) is 0 Å². The highest BCUT2D eigenvalue weighted by atomic mass is 32.1. The number of carboxylic acid groups (broad SMARTS) is 1. The summed E-state index contributed by atoms with van der Waals surface area (Å²) in [5.74, 6) is -2.36. The standard InChI is InChI=1S/C50H82N8O9S/c1-16-32(6)42(56(13)48(63)40(30(2)3)54-46(62)41(31(4)5)55(11)12)38(66-14)28-39(59)57-25-20-23-37(57)43(67-15)33(7)44(60)52-35(27-34-21-18-17-19-22-34)47-53-36(29-68-47)45(61)51-24-26-58(49(64)65)50(8,9)10/h17-19,21-22,29-33,35,37-38,40-43H,16,20,23-28H2,1-15H3,(H,51,61)(H,52,60)(H,54,62)(H,64,65)/t32-,33+,35-,37-,38+,40-,41-,42-,43+/m0/s1. The van der Waals surface area contributed by atoms with Gasteiger partial charge in [0, 0.05) is 51.8 Å². The van der Waals surface area contributed by atoms with E-state index in [1.54, 1.807) is 64.1 Å². The molecule has 17 nitrogen and oxygen atoms in total. The Kier molecular flexibility index (Phi) is 22.4. The van der Waals surface area contributed by atoms with E-state index in [0.717, 1.165) is 5.56 Å². The number of aromatic nitrogens is 1. The molecule has 0 unspecified atom stereocenters. The van der Waals surface area contributed by atoms with E-state index in [1.165, 1.54) is 16.2 Å². The fraction of sp³-hybridized carbons (Fsp3) is 0.700. The van der Waals surface area contributed by atoms with Gasteiger partial charge < -0.3 is 45.2 Å². The summed E-state index contributed by atoms with van der Waals surface area (Å²) in [7, 11) is 8.52. The van der Waals surface area contributed by atoms with E-state index in [4.69, 9.17) is 9.47 Å². The first-order valence-corrected chi connectivity index (χ1v) is 24.9. The first-order chi connectivity index (χ1) is 31.9. The largest absolute Gasteiger partial charge is 0.465 e. The molecule has 6 amide bonds. The normalized spacial score (nSPS) is 17.7. The monoisotopic (exact) mass is 971 g/mol. The molecule has 68 heavy (non-hydrogen) atoms. The highest BCUT2D eigenvalue weighted by Gasteiger charge is 2.43. The van der Waals surface area contributed by atoms with Crippen LogP contribution in [0.5, 0.6) is 0 Å². The van der Waals surface area contributed by atoms with Gasteiger partial charge in [-0.3, -0.25) is 28.9 Å². The number of hydrogen-bond donors (Lipinski definition) is 4. The molecule has 1 aromatic heterocycles. The molecule has 1 aliphatic heterocycles. The Morgan fingerprint density at radius 2 is 1.57 bits per heavy atom.